The maximum atomic E-state index is 12.4. The number of hydrogen-bond acceptors (Lipinski definition) is 3. The van der Waals surface area contributed by atoms with E-state index in [1.165, 1.54) is 32.1 Å². The minimum absolute atomic E-state index is 0.244. The molecule has 2 fully saturated rings. The summed E-state index contributed by atoms with van der Waals surface area (Å²) in [6.45, 7) is 0. The van der Waals surface area contributed by atoms with Crippen LogP contribution in [0, 0.1) is 10.8 Å². The number of hydrogen-bond donors (Lipinski definition) is 0. The van der Waals surface area contributed by atoms with E-state index in [4.69, 9.17) is 4.74 Å². The SMILES string of the molecule is O=C1OC(=O)C23CC=CCC12CCCCCCCCC3. The first-order chi connectivity index (χ1) is 9.71. The highest BCUT2D eigenvalue weighted by Gasteiger charge is 2.66. The van der Waals surface area contributed by atoms with Crippen LogP contribution in [-0.4, -0.2) is 11.9 Å². The second kappa shape index (κ2) is 5.34. The Bertz CT molecular complexity index is 402. The van der Waals surface area contributed by atoms with Gasteiger partial charge < -0.3 is 4.74 Å². The van der Waals surface area contributed by atoms with E-state index in [0.717, 1.165) is 25.7 Å². The summed E-state index contributed by atoms with van der Waals surface area (Å²) in [4.78, 5) is 24.9. The van der Waals surface area contributed by atoms with Crippen molar-refractivity contribution in [3.63, 3.8) is 0 Å². The second-order valence-corrected chi connectivity index (χ2v) is 6.70. The molecule has 0 N–H and O–H groups in total. The van der Waals surface area contributed by atoms with Gasteiger partial charge in [-0.05, 0) is 25.7 Å². The topological polar surface area (TPSA) is 43.4 Å². The van der Waals surface area contributed by atoms with Crippen molar-refractivity contribution in [1.29, 1.82) is 0 Å². The molecular weight excluding hydrogens is 252 g/mol. The Kier molecular flexibility index (Phi) is 3.70. The van der Waals surface area contributed by atoms with Crippen LogP contribution < -0.4 is 0 Å². The van der Waals surface area contributed by atoms with Gasteiger partial charge in [0.15, 0.2) is 0 Å². The molecule has 3 heteroatoms. The number of cyclic esters (lactones) is 2. The Morgan fingerprint density at radius 2 is 1.10 bits per heavy atom. The van der Waals surface area contributed by atoms with E-state index < -0.39 is 10.8 Å². The standard InChI is InChI=1S/C17H24O3/c18-14-16-10-6-4-2-1-3-5-7-11-17(16,15(19)20-14)13-9-8-12-16/h8-9H,1-7,10-13H2. The number of carbonyl (C=O) groups is 2. The zero-order chi connectivity index (χ0) is 14.1. The Hall–Kier alpha value is -1.12. The lowest BCUT2D eigenvalue weighted by atomic mass is 9.55. The van der Waals surface area contributed by atoms with Crippen molar-refractivity contribution in [2.75, 3.05) is 0 Å². The molecule has 0 radical (unpaired) electrons. The predicted octanol–water partition coefficient (Wildman–Crippen LogP) is 3.92. The average molecular weight is 276 g/mol. The van der Waals surface area contributed by atoms with Gasteiger partial charge in [-0.2, -0.15) is 0 Å². The van der Waals surface area contributed by atoms with Crippen LogP contribution in [0.15, 0.2) is 12.2 Å². The zero-order valence-corrected chi connectivity index (χ0v) is 12.2. The molecule has 0 aromatic rings. The van der Waals surface area contributed by atoms with E-state index in [1.807, 2.05) is 0 Å². The van der Waals surface area contributed by atoms with E-state index >= 15 is 0 Å². The third-order valence-electron chi connectivity index (χ3n) is 5.69. The number of ether oxygens (including phenoxy) is 1. The van der Waals surface area contributed by atoms with Crippen LogP contribution in [0.2, 0.25) is 0 Å². The van der Waals surface area contributed by atoms with Gasteiger partial charge in [-0.15, -0.1) is 0 Å². The highest BCUT2D eigenvalue weighted by molar-refractivity contribution is 6.02. The van der Waals surface area contributed by atoms with Gasteiger partial charge in [0.05, 0.1) is 10.8 Å². The van der Waals surface area contributed by atoms with Crippen LogP contribution in [0.3, 0.4) is 0 Å². The van der Waals surface area contributed by atoms with Crippen LogP contribution in [0.4, 0.5) is 0 Å². The molecule has 0 amide bonds. The van der Waals surface area contributed by atoms with E-state index in [9.17, 15) is 9.59 Å². The average Bonchev–Trinajstić information content (AvgIpc) is 2.65. The third-order valence-corrected chi connectivity index (χ3v) is 5.69. The van der Waals surface area contributed by atoms with Gasteiger partial charge in [0.2, 0.25) is 0 Å². The zero-order valence-electron chi connectivity index (χ0n) is 12.2. The molecule has 2 unspecified atom stereocenters. The highest BCUT2D eigenvalue weighted by atomic mass is 16.6. The summed E-state index contributed by atoms with van der Waals surface area (Å²) >= 11 is 0. The van der Waals surface area contributed by atoms with Crippen molar-refractivity contribution in [3.8, 4) is 0 Å². The van der Waals surface area contributed by atoms with Crippen molar-refractivity contribution in [1.82, 2.24) is 0 Å². The number of carbonyl (C=O) groups excluding carboxylic acids is 2. The smallest absolute Gasteiger partial charge is 0.321 e. The van der Waals surface area contributed by atoms with Crippen molar-refractivity contribution >= 4 is 11.9 Å². The fourth-order valence-electron chi connectivity index (χ4n) is 4.42. The molecule has 3 rings (SSSR count). The Labute approximate surface area is 120 Å². The summed E-state index contributed by atoms with van der Waals surface area (Å²) in [7, 11) is 0. The molecule has 2 atom stereocenters. The maximum absolute atomic E-state index is 12.4. The molecule has 110 valence electrons. The van der Waals surface area contributed by atoms with Gasteiger partial charge in [0.1, 0.15) is 0 Å². The summed E-state index contributed by atoms with van der Waals surface area (Å²) in [5, 5.41) is 0. The molecule has 0 bridgehead atoms. The molecule has 1 aliphatic heterocycles. The van der Waals surface area contributed by atoms with E-state index in [0.29, 0.717) is 12.8 Å². The fraction of sp³-hybridized carbons (Fsp3) is 0.765. The van der Waals surface area contributed by atoms with E-state index in [1.54, 1.807) is 0 Å². The molecular formula is C17H24O3. The summed E-state index contributed by atoms with van der Waals surface area (Å²) in [6, 6.07) is 0. The lowest BCUT2D eigenvalue weighted by Crippen LogP contribution is -2.46. The lowest BCUT2D eigenvalue weighted by molar-refractivity contribution is -0.156. The Morgan fingerprint density at radius 3 is 1.55 bits per heavy atom. The molecule has 1 saturated carbocycles. The van der Waals surface area contributed by atoms with Gasteiger partial charge in [-0.25, -0.2) is 0 Å². The number of allylic oxidation sites excluding steroid dienone is 2. The molecule has 1 heterocycles. The van der Waals surface area contributed by atoms with E-state index in [2.05, 4.69) is 12.2 Å². The first-order valence-corrected chi connectivity index (χ1v) is 8.13. The van der Waals surface area contributed by atoms with Crippen LogP contribution in [0.1, 0.15) is 70.6 Å². The van der Waals surface area contributed by atoms with E-state index in [-0.39, 0.29) is 11.9 Å². The molecule has 3 aliphatic rings. The first-order valence-electron chi connectivity index (χ1n) is 8.13. The summed E-state index contributed by atoms with van der Waals surface area (Å²) in [5.41, 5.74) is -1.10. The van der Waals surface area contributed by atoms with Crippen molar-refractivity contribution < 1.29 is 14.3 Å². The van der Waals surface area contributed by atoms with Crippen LogP contribution in [-0.2, 0) is 14.3 Å². The summed E-state index contributed by atoms with van der Waals surface area (Å²) < 4.78 is 5.14. The molecule has 20 heavy (non-hydrogen) atoms. The second-order valence-electron chi connectivity index (χ2n) is 6.70. The van der Waals surface area contributed by atoms with Crippen LogP contribution >= 0.6 is 0 Å². The van der Waals surface area contributed by atoms with Gasteiger partial charge in [-0.3, -0.25) is 9.59 Å². The largest absolute Gasteiger partial charge is 0.392 e. The minimum Gasteiger partial charge on any atom is -0.392 e. The quantitative estimate of drug-likeness (QED) is 0.382. The summed E-state index contributed by atoms with van der Waals surface area (Å²) in [6.07, 6.45) is 15.4. The Morgan fingerprint density at radius 1 is 0.700 bits per heavy atom. The number of esters is 2. The van der Waals surface area contributed by atoms with Gasteiger partial charge in [0, 0.05) is 0 Å². The van der Waals surface area contributed by atoms with Crippen molar-refractivity contribution in [3.05, 3.63) is 12.2 Å². The maximum Gasteiger partial charge on any atom is 0.321 e. The molecule has 0 aromatic heterocycles. The van der Waals surface area contributed by atoms with Gasteiger partial charge in [0.25, 0.3) is 0 Å². The molecule has 1 saturated heterocycles. The van der Waals surface area contributed by atoms with Crippen LogP contribution in [0.25, 0.3) is 0 Å². The lowest BCUT2D eigenvalue weighted by Gasteiger charge is -2.41. The van der Waals surface area contributed by atoms with Gasteiger partial charge in [-0.1, -0.05) is 57.1 Å². The highest BCUT2D eigenvalue weighted by Crippen LogP contribution is 2.59. The monoisotopic (exact) mass is 276 g/mol. The Balaban J connectivity index is 1.97. The van der Waals surface area contributed by atoms with Crippen molar-refractivity contribution in [2.45, 2.75) is 70.6 Å². The van der Waals surface area contributed by atoms with Crippen molar-refractivity contribution in [2.24, 2.45) is 10.8 Å². The fourth-order valence-corrected chi connectivity index (χ4v) is 4.42. The summed E-state index contributed by atoms with van der Waals surface area (Å²) in [5.74, 6) is -0.489. The van der Waals surface area contributed by atoms with Gasteiger partial charge >= 0.3 is 11.9 Å². The first kappa shape index (κ1) is 13.8. The molecule has 0 aromatic carbocycles. The molecule has 2 aliphatic carbocycles. The minimum atomic E-state index is -0.552. The number of rotatable bonds is 0. The predicted molar refractivity (Wildman–Crippen MR) is 75.9 cm³/mol. The third kappa shape index (κ3) is 1.94. The molecule has 0 spiro atoms. The molecule has 3 nitrogen and oxygen atoms in total. The van der Waals surface area contributed by atoms with Crippen LogP contribution in [0.5, 0.6) is 0 Å². The normalized spacial score (nSPS) is 38.6.